The van der Waals surface area contributed by atoms with Crippen molar-refractivity contribution in [2.45, 2.75) is 0 Å². The van der Waals surface area contributed by atoms with Gasteiger partial charge in [0.2, 0.25) is 0 Å². The minimum atomic E-state index is 0.871. The van der Waals surface area contributed by atoms with Crippen LogP contribution in [-0.2, 0) is 0 Å². The van der Waals surface area contributed by atoms with Crippen molar-refractivity contribution in [2.75, 3.05) is 4.90 Å². The van der Waals surface area contributed by atoms with Gasteiger partial charge < -0.3 is 13.7 Å². The second-order valence-corrected chi connectivity index (χ2v) is 13.7. The largest absolute Gasteiger partial charge is 0.456 e. The molecule has 3 heteroatoms. The van der Waals surface area contributed by atoms with E-state index in [2.05, 4.69) is 175 Å². The number of rotatable bonds is 5. The molecule has 0 spiro atoms. The van der Waals surface area contributed by atoms with Gasteiger partial charge in [0.1, 0.15) is 22.3 Å². The van der Waals surface area contributed by atoms with Crippen molar-refractivity contribution >= 4 is 82.5 Å². The molecule has 0 aliphatic rings. The summed E-state index contributed by atoms with van der Waals surface area (Å²) >= 11 is 0. The summed E-state index contributed by atoms with van der Waals surface area (Å²) in [6.45, 7) is 0. The zero-order valence-electron chi connectivity index (χ0n) is 28.7. The van der Waals surface area contributed by atoms with Crippen LogP contribution in [0.15, 0.2) is 197 Å². The van der Waals surface area contributed by atoms with Gasteiger partial charge in [-0.1, -0.05) is 121 Å². The fourth-order valence-electron chi connectivity index (χ4n) is 8.09. The lowest BCUT2D eigenvalue weighted by molar-refractivity contribution is 0.668. The van der Waals surface area contributed by atoms with E-state index < -0.39 is 0 Å². The molecule has 9 aromatic carbocycles. The van der Waals surface area contributed by atoms with E-state index in [1.54, 1.807) is 0 Å². The molecule has 0 fully saturated rings. The molecule has 0 aliphatic heterocycles. The predicted octanol–water partition coefficient (Wildman–Crippen LogP) is 14.6. The van der Waals surface area contributed by atoms with Gasteiger partial charge in [-0.15, -0.1) is 0 Å². The maximum absolute atomic E-state index is 6.40. The molecule has 53 heavy (non-hydrogen) atoms. The highest BCUT2D eigenvalue weighted by Crippen LogP contribution is 2.43. The van der Waals surface area contributed by atoms with Crippen LogP contribution < -0.4 is 4.90 Å². The van der Waals surface area contributed by atoms with Crippen LogP contribution in [0.4, 0.5) is 17.1 Å². The van der Waals surface area contributed by atoms with Crippen molar-refractivity contribution in [2.24, 2.45) is 0 Å². The Hall–Kier alpha value is -7.10. The number of furan rings is 2. The van der Waals surface area contributed by atoms with E-state index in [0.717, 1.165) is 77.6 Å². The van der Waals surface area contributed by atoms with Gasteiger partial charge in [0.25, 0.3) is 0 Å². The molecule has 0 radical (unpaired) electrons. The lowest BCUT2D eigenvalue weighted by Crippen LogP contribution is -2.09. The Morgan fingerprint density at radius 1 is 0.302 bits per heavy atom. The van der Waals surface area contributed by atoms with E-state index in [4.69, 9.17) is 8.83 Å². The molecular weight excluding hydrogens is 647 g/mol. The summed E-state index contributed by atoms with van der Waals surface area (Å²) in [6.07, 6.45) is 0. The first-order valence-corrected chi connectivity index (χ1v) is 18.0. The third kappa shape index (κ3) is 4.82. The number of fused-ring (bicyclic) bond motifs is 9. The number of nitrogens with zero attached hydrogens (tertiary/aromatic N) is 1. The van der Waals surface area contributed by atoms with Crippen molar-refractivity contribution in [1.82, 2.24) is 0 Å². The predicted molar refractivity (Wildman–Crippen MR) is 222 cm³/mol. The molecule has 0 saturated carbocycles. The highest BCUT2D eigenvalue weighted by molar-refractivity contribution is 6.22. The van der Waals surface area contributed by atoms with Crippen LogP contribution in [0.2, 0.25) is 0 Å². The molecular formula is C50H31NO2. The van der Waals surface area contributed by atoms with E-state index in [-0.39, 0.29) is 0 Å². The van der Waals surface area contributed by atoms with Crippen LogP contribution in [0.5, 0.6) is 0 Å². The highest BCUT2D eigenvalue weighted by Gasteiger charge is 2.18. The number of hydrogen-bond donors (Lipinski definition) is 0. The van der Waals surface area contributed by atoms with Crippen molar-refractivity contribution < 1.29 is 8.83 Å². The number of benzene rings is 9. The first kappa shape index (κ1) is 29.6. The van der Waals surface area contributed by atoms with Crippen LogP contribution >= 0.6 is 0 Å². The average Bonchev–Trinajstić information content (AvgIpc) is 3.79. The molecule has 2 aromatic heterocycles. The lowest BCUT2D eigenvalue weighted by atomic mass is 9.92. The second kappa shape index (κ2) is 11.7. The molecule has 0 unspecified atom stereocenters. The Balaban J connectivity index is 1.06. The Labute approximate surface area is 305 Å². The van der Waals surface area contributed by atoms with Gasteiger partial charge in [-0.2, -0.15) is 0 Å². The number of para-hydroxylation sites is 2. The molecule has 2 heterocycles. The summed E-state index contributed by atoms with van der Waals surface area (Å²) in [5, 5.41) is 9.34. The normalized spacial score (nSPS) is 11.8. The fourth-order valence-corrected chi connectivity index (χ4v) is 8.09. The quantitative estimate of drug-likeness (QED) is 0.182. The summed E-state index contributed by atoms with van der Waals surface area (Å²) in [5.41, 5.74) is 11.4. The lowest BCUT2D eigenvalue weighted by Gasteiger charge is -2.26. The Morgan fingerprint density at radius 3 is 1.75 bits per heavy atom. The molecule has 11 aromatic rings. The number of hydrogen-bond acceptors (Lipinski definition) is 3. The van der Waals surface area contributed by atoms with E-state index in [0.29, 0.717) is 0 Å². The number of anilines is 3. The Kier molecular flexibility index (Phi) is 6.55. The molecule has 0 bridgehead atoms. The summed E-state index contributed by atoms with van der Waals surface area (Å²) < 4.78 is 12.7. The minimum absolute atomic E-state index is 0.871. The van der Waals surface area contributed by atoms with Gasteiger partial charge in [0.05, 0.1) is 0 Å². The third-order valence-corrected chi connectivity index (χ3v) is 10.6. The zero-order valence-corrected chi connectivity index (χ0v) is 28.7. The van der Waals surface area contributed by atoms with Gasteiger partial charge in [-0.05, 0) is 104 Å². The first-order valence-electron chi connectivity index (χ1n) is 18.0. The molecule has 0 saturated heterocycles. The van der Waals surface area contributed by atoms with Crippen LogP contribution in [0.1, 0.15) is 0 Å². The van der Waals surface area contributed by atoms with Gasteiger partial charge in [0, 0.05) is 44.7 Å². The van der Waals surface area contributed by atoms with Crippen LogP contribution in [-0.4, -0.2) is 0 Å². The SMILES string of the molecule is c1ccc(-c2cc3oc4ccccc4c3c3ccc(-c4ccc(N(c5ccc6ccccc6c5)c5ccc6c(c5)oc5ccccc56)cc4)cc23)cc1. The monoisotopic (exact) mass is 677 g/mol. The van der Waals surface area contributed by atoms with Gasteiger partial charge in [-0.3, -0.25) is 0 Å². The first-order chi connectivity index (χ1) is 26.2. The smallest absolute Gasteiger partial charge is 0.137 e. The molecule has 3 nitrogen and oxygen atoms in total. The summed E-state index contributed by atoms with van der Waals surface area (Å²) in [5.74, 6) is 0. The average molecular weight is 678 g/mol. The topological polar surface area (TPSA) is 29.5 Å². The van der Waals surface area contributed by atoms with Crippen molar-refractivity contribution in [3.8, 4) is 22.3 Å². The van der Waals surface area contributed by atoms with Crippen molar-refractivity contribution in [3.63, 3.8) is 0 Å². The molecule has 0 atom stereocenters. The summed E-state index contributed by atoms with van der Waals surface area (Å²) in [7, 11) is 0. The maximum Gasteiger partial charge on any atom is 0.137 e. The third-order valence-electron chi connectivity index (χ3n) is 10.6. The van der Waals surface area contributed by atoms with Gasteiger partial charge in [0.15, 0.2) is 0 Å². The highest BCUT2D eigenvalue weighted by atomic mass is 16.3. The molecule has 0 amide bonds. The Bertz CT molecular complexity index is 3170. The van der Waals surface area contributed by atoms with E-state index in [1.165, 1.54) is 27.1 Å². The van der Waals surface area contributed by atoms with E-state index >= 15 is 0 Å². The molecule has 0 aliphatic carbocycles. The van der Waals surface area contributed by atoms with Gasteiger partial charge in [-0.25, -0.2) is 0 Å². The molecule has 11 rings (SSSR count). The summed E-state index contributed by atoms with van der Waals surface area (Å²) in [6, 6.07) is 66.9. The van der Waals surface area contributed by atoms with Crippen LogP contribution in [0.25, 0.3) is 87.7 Å². The maximum atomic E-state index is 6.40. The zero-order chi connectivity index (χ0) is 34.9. The molecule has 248 valence electrons. The van der Waals surface area contributed by atoms with Crippen LogP contribution in [0, 0.1) is 0 Å². The van der Waals surface area contributed by atoms with Crippen molar-refractivity contribution in [3.05, 3.63) is 188 Å². The summed E-state index contributed by atoms with van der Waals surface area (Å²) in [4.78, 5) is 2.32. The van der Waals surface area contributed by atoms with Crippen LogP contribution in [0.3, 0.4) is 0 Å². The standard InChI is InChI=1S/C50H31NO2/c1-2-11-34(12-3-1)44-31-49-50(43-15-7-9-17-47(43)53-49)42-26-21-36(29-45(42)44)33-18-22-37(23-19-33)51(38-24-20-32-10-4-5-13-35(32)28-38)39-25-27-41-40-14-6-8-16-46(40)52-48(41)30-39/h1-31H. The van der Waals surface area contributed by atoms with Gasteiger partial charge >= 0.3 is 0 Å². The Morgan fingerprint density at radius 2 is 0.906 bits per heavy atom. The minimum Gasteiger partial charge on any atom is -0.456 e. The second-order valence-electron chi connectivity index (χ2n) is 13.7. The van der Waals surface area contributed by atoms with E-state index in [1.807, 2.05) is 18.2 Å². The molecule has 0 N–H and O–H groups in total. The fraction of sp³-hybridized carbons (Fsp3) is 0. The van der Waals surface area contributed by atoms with Crippen molar-refractivity contribution in [1.29, 1.82) is 0 Å². The van der Waals surface area contributed by atoms with E-state index in [9.17, 15) is 0 Å².